The summed E-state index contributed by atoms with van der Waals surface area (Å²) in [6.45, 7) is 3.56. The normalized spacial score (nSPS) is 14.9. The molecule has 1 aromatic rings. The zero-order chi connectivity index (χ0) is 11.5. The maximum absolute atomic E-state index is 11.9. The molecule has 1 aliphatic rings. The molecule has 0 spiro atoms. The summed E-state index contributed by atoms with van der Waals surface area (Å²) in [5.41, 5.74) is 1.19. The van der Waals surface area contributed by atoms with Gasteiger partial charge in [-0.3, -0.25) is 4.79 Å². The van der Waals surface area contributed by atoms with Crippen molar-refractivity contribution in [1.82, 2.24) is 4.90 Å². The van der Waals surface area contributed by atoms with E-state index in [9.17, 15) is 4.79 Å². The predicted molar refractivity (Wildman–Crippen MR) is 68.0 cm³/mol. The van der Waals surface area contributed by atoms with Crippen LogP contribution in [0.4, 0.5) is 0 Å². The number of rotatable bonds is 4. The third-order valence-corrected chi connectivity index (χ3v) is 3.38. The van der Waals surface area contributed by atoms with Crippen LogP contribution in [-0.2, 0) is 11.3 Å². The van der Waals surface area contributed by atoms with Crippen LogP contribution < -0.4 is 0 Å². The van der Waals surface area contributed by atoms with Crippen molar-refractivity contribution >= 4 is 21.8 Å². The highest BCUT2D eigenvalue weighted by atomic mass is 79.9. The van der Waals surface area contributed by atoms with Crippen LogP contribution in [-0.4, -0.2) is 17.4 Å². The Kier molecular flexibility index (Phi) is 3.64. The molecule has 1 amide bonds. The van der Waals surface area contributed by atoms with Gasteiger partial charge in [-0.05, 0) is 37.5 Å². The molecule has 0 N–H and O–H groups in total. The molecule has 16 heavy (non-hydrogen) atoms. The van der Waals surface area contributed by atoms with Gasteiger partial charge >= 0.3 is 0 Å². The number of carbonyl (C=O) groups is 1. The van der Waals surface area contributed by atoms with E-state index >= 15 is 0 Å². The first-order valence-electron chi connectivity index (χ1n) is 5.74. The zero-order valence-corrected chi connectivity index (χ0v) is 11.0. The Bertz CT molecular complexity index is 387. The predicted octanol–water partition coefficient (Wildman–Crippen LogP) is 3.21. The highest BCUT2D eigenvalue weighted by molar-refractivity contribution is 9.10. The Hall–Kier alpha value is -0.830. The molecule has 0 aliphatic heterocycles. The molecule has 0 unspecified atom stereocenters. The summed E-state index contributed by atoms with van der Waals surface area (Å²) >= 11 is 3.45. The first-order valence-corrected chi connectivity index (χ1v) is 6.53. The number of halogens is 1. The van der Waals surface area contributed by atoms with Crippen LogP contribution in [0.5, 0.6) is 0 Å². The van der Waals surface area contributed by atoms with Crippen molar-refractivity contribution in [3.8, 4) is 0 Å². The largest absolute Gasteiger partial charge is 0.338 e. The van der Waals surface area contributed by atoms with Crippen molar-refractivity contribution in [2.75, 3.05) is 6.54 Å². The van der Waals surface area contributed by atoms with Gasteiger partial charge in [-0.2, -0.15) is 0 Å². The van der Waals surface area contributed by atoms with Crippen molar-refractivity contribution < 1.29 is 4.79 Å². The standard InChI is InChI=1S/C13H16BrNO/c1-2-15(13(16)11-6-7-11)9-10-4-3-5-12(14)8-10/h3-5,8,11H,2,6-7,9H2,1H3. The summed E-state index contributed by atoms with van der Waals surface area (Å²) in [5.74, 6) is 0.634. The fourth-order valence-corrected chi connectivity index (χ4v) is 2.24. The van der Waals surface area contributed by atoms with Crippen LogP contribution in [0.15, 0.2) is 28.7 Å². The Morgan fingerprint density at radius 2 is 2.25 bits per heavy atom. The molecule has 1 aromatic carbocycles. The molecule has 0 bridgehead atoms. The molecule has 0 radical (unpaired) electrons. The Morgan fingerprint density at radius 3 is 2.81 bits per heavy atom. The van der Waals surface area contributed by atoms with Gasteiger partial charge in [0.2, 0.25) is 5.91 Å². The van der Waals surface area contributed by atoms with Gasteiger partial charge in [0, 0.05) is 23.5 Å². The first-order chi connectivity index (χ1) is 7.70. The van der Waals surface area contributed by atoms with E-state index in [0.717, 1.165) is 30.4 Å². The highest BCUT2D eigenvalue weighted by Gasteiger charge is 2.32. The van der Waals surface area contributed by atoms with Crippen molar-refractivity contribution in [2.24, 2.45) is 5.92 Å². The molecule has 2 rings (SSSR count). The molecule has 3 heteroatoms. The third-order valence-electron chi connectivity index (χ3n) is 2.88. The molecule has 2 nitrogen and oxygen atoms in total. The quantitative estimate of drug-likeness (QED) is 0.830. The number of hydrogen-bond donors (Lipinski definition) is 0. The topological polar surface area (TPSA) is 20.3 Å². The highest BCUT2D eigenvalue weighted by Crippen LogP contribution is 2.31. The lowest BCUT2D eigenvalue weighted by atomic mass is 10.2. The van der Waals surface area contributed by atoms with Crippen LogP contribution in [0.25, 0.3) is 0 Å². The molecule has 0 atom stereocenters. The monoisotopic (exact) mass is 281 g/mol. The van der Waals surface area contributed by atoms with E-state index in [4.69, 9.17) is 0 Å². The fourth-order valence-electron chi connectivity index (χ4n) is 1.79. The maximum Gasteiger partial charge on any atom is 0.225 e. The molecule has 86 valence electrons. The number of benzene rings is 1. The zero-order valence-electron chi connectivity index (χ0n) is 9.45. The van der Waals surface area contributed by atoms with E-state index in [0.29, 0.717) is 11.8 Å². The number of amides is 1. The Balaban J connectivity index is 2.03. The molecule has 0 heterocycles. The van der Waals surface area contributed by atoms with Crippen molar-refractivity contribution in [1.29, 1.82) is 0 Å². The van der Waals surface area contributed by atoms with Crippen molar-refractivity contribution in [3.05, 3.63) is 34.3 Å². The van der Waals surface area contributed by atoms with E-state index in [-0.39, 0.29) is 0 Å². The first kappa shape index (κ1) is 11.6. The van der Waals surface area contributed by atoms with Crippen LogP contribution >= 0.6 is 15.9 Å². The van der Waals surface area contributed by atoms with Gasteiger partial charge in [0.1, 0.15) is 0 Å². The van der Waals surface area contributed by atoms with Gasteiger partial charge < -0.3 is 4.90 Å². The summed E-state index contributed by atoms with van der Waals surface area (Å²) in [5, 5.41) is 0. The van der Waals surface area contributed by atoms with E-state index in [1.165, 1.54) is 5.56 Å². The van der Waals surface area contributed by atoms with Gasteiger partial charge in [0.05, 0.1) is 0 Å². The minimum Gasteiger partial charge on any atom is -0.338 e. The van der Waals surface area contributed by atoms with E-state index in [1.54, 1.807) is 0 Å². The van der Waals surface area contributed by atoms with E-state index in [1.807, 2.05) is 24.0 Å². The molecule has 0 aromatic heterocycles. The van der Waals surface area contributed by atoms with Gasteiger partial charge in [0.25, 0.3) is 0 Å². The minimum atomic E-state index is 0.312. The maximum atomic E-state index is 11.9. The lowest BCUT2D eigenvalue weighted by molar-refractivity contribution is -0.132. The number of hydrogen-bond acceptors (Lipinski definition) is 1. The second kappa shape index (κ2) is 5.00. The molecule has 1 saturated carbocycles. The summed E-state index contributed by atoms with van der Waals surface area (Å²) in [6, 6.07) is 8.15. The van der Waals surface area contributed by atoms with Crippen LogP contribution in [0.3, 0.4) is 0 Å². The molecular weight excluding hydrogens is 266 g/mol. The molecular formula is C13H16BrNO. The average Bonchev–Trinajstić information content (AvgIpc) is 3.09. The molecule has 1 fully saturated rings. The van der Waals surface area contributed by atoms with Crippen LogP contribution in [0, 0.1) is 5.92 Å². The van der Waals surface area contributed by atoms with Crippen molar-refractivity contribution in [2.45, 2.75) is 26.3 Å². The Labute approximate surface area is 105 Å². The summed E-state index contributed by atoms with van der Waals surface area (Å²) in [4.78, 5) is 13.9. The van der Waals surface area contributed by atoms with Gasteiger partial charge in [0.15, 0.2) is 0 Å². The van der Waals surface area contributed by atoms with Gasteiger partial charge in [-0.1, -0.05) is 28.1 Å². The summed E-state index contributed by atoms with van der Waals surface area (Å²) in [7, 11) is 0. The summed E-state index contributed by atoms with van der Waals surface area (Å²) < 4.78 is 1.07. The number of nitrogens with zero attached hydrogens (tertiary/aromatic N) is 1. The number of carbonyl (C=O) groups excluding carboxylic acids is 1. The average molecular weight is 282 g/mol. The van der Waals surface area contributed by atoms with Crippen LogP contribution in [0.1, 0.15) is 25.3 Å². The fraction of sp³-hybridized carbons (Fsp3) is 0.462. The lowest BCUT2D eigenvalue weighted by Gasteiger charge is -2.21. The van der Waals surface area contributed by atoms with Gasteiger partial charge in [-0.15, -0.1) is 0 Å². The third kappa shape index (κ3) is 2.85. The second-order valence-electron chi connectivity index (χ2n) is 4.26. The smallest absolute Gasteiger partial charge is 0.225 e. The minimum absolute atomic E-state index is 0.312. The SMILES string of the molecule is CCN(Cc1cccc(Br)c1)C(=O)C1CC1. The Morgan fingerprint density at radius 1 is 1.50 bits per heavy atom. The van der Waals surface area contributed by atoms with Crippen LogP contribution in [0.2, 0.25) is 0 Å². The molecule has 0 saturated heterocycles. The second-order valence-corrected chi connectivity index (χ2v) is 5.17. The van der Waals surface area contributed by atoms with Crippen molar-refractivity contribution in [3.63, 3.8) is 0 Å². The summed E-state index contributed by atoms with van der Waals surface area (Å²) in [6.07, 6.45) is 2.15. The van der Waals surface area contributed by atoms with E-state index < -0.39 is 0 Å². The van der Waals surface area contributed by atoms with E-state index in [2.05, 4.69) is 28.1 Å². The lowest BCUT2D eigenvalue weighted by Crippen LogP contribution is -2.31. The van der Waals surface area contributed by atoms with Gasteiger partial charge in [-0.25, -0.2) is 0 Å². The molecule has 1 aliphatic carbocycles.